The van der Waals surface area contributed by atoms with Gasteiger partial charge in [0.05, 0.1) is 20.4 Å². The highest BCUT2D eigenvalue weighted by molar-refractivity contribution is 7.71. The summed E-state index contributed by atoms with van der Waals surface area (Å²) in [6, 6.07) is 5.38. The first-order valence-electron chi connectivity index (χ1n) is 7.27. The average Bonchev–Trinajstić information content (AvgIpc) is 2.52. The molecular weight excluding hydrogens is 328 g/mol. The van der Waals surface area contributed by atoms with Gasteiger partial charge < -0.3 is 9.47 Å². The van der Waals surface area contributed by atoms with Gasteiger partial charge >= 0.3 is 0 Å². The summed E-state index contributed by atoms with van der Waals surface area (Å²) in [5.74, 6) is 1.10. The first kappa shape index (κ1) is 17.9. The third kappa shape index (κ3) is 3.53. The Labute approximate surface area is 144 Å². The SMILES string of the molecule is COc1cccc(/C=N\n2c(=S)[nH]nc(C(C)(C)C)c2=O)c1OC. The van der Waals surface area contributed by atoms with Crippen molar-refractivity contribution in [1.82, 2.24) is 14.9 Å². The largest absolute Gasteiger partial charge is 0.493 e. The summed E-state index contributed by atoms with van der Waals surface area (Å²) < 4.78 is 11.8. The highest BCUT2D eigenvalue weighted by Gasteiger charge is 2.21. The minimum atomic E-state index is -0.429. The average molecular weight is 348 g/mol. The van der Waals surface area contributed by atoms with Gasteiger partial charge in [-0.25, -0.2) is 0 Å². The standard InChI is InChI=1S/C16H20N4O3S/c1-16(2,3)13-14(21)20(15(24)19-18-13)17-9-10-7-6-8-11(22-4)12(10)23-5/h6-9H,1-5H3,(H,19,24)/b17-9-. The van der Waals surface area contributed by atoms with Crippen LogP contribution >= 0.6 is 12.2 Å². The van der Waals surface area contributed by atoms with E-state index in [1.54, 1.807) is 25.3 Å². The second kappa shape index (κ2) is 6.96. The highest BCUT2D eigenvalue weighted by Crippen LogP contribution is 2.29. The molecule has 0 aliphatic rings. The van der Waals surface area contributed by atoms with Crippen LogP contribution in [0.15, 0.2) is 28.1 Å². The van der Waals surface area contributed by atoms with Crippen LogP contribution in [0.1, 0.15) is 32.0 Å². The highest BCUT2D eigenvalue weighted by atomic mass is 32.1. The third-order valence-electron chi connectivity index (χ3n) is 3.31. The van der Waals surface area contributed by atoms with Gasteiger partial charge in [-0.15, -0.1) is 0 Å². The van der Waals surface area contributed by atoms with E-state index in [1.165, 1.54) is 13.3 Å². The second-order valence-electron chi connectivity index (χ2n) is 6.07. The number of aromatic nitrogens is 3. The van der Waals surface area contributed by atoms with E-state index in [1.807, 2.05) is 20.8 Å². The van der Waals surface area contributed by atoms with Gasteiger partial charge in [-0.2, -0.15) is 14.9 Å². The number of rotatable bonds is 4. The number of hydrogen-bond donors (Lipinski definition) is 1. The fourth-order valence-corrected chi connectivity index (χ4v) is 2.29. The maximum atomic E-state index is 12.6. The van der Waals surface area contributed by atoms with Crippen molar-refractivity contribution in [3.05, 3.63) is 44.6 Å². The molecule has 0 amide bonds. The van der Waals surface area contributed by atoms with E-state index in [0.717, 1.165) is 4.68 Å². The van der Waals surface area contributed by atoms with Crippen molar-refractivity contribution in [2.45, 2.75) is 26.2 Å². The van der Waals surface area contributed by atoms with Crippen LogP contribution in [-0.4, -0.2) is 35.3 Å². The van der Waals surface area contributed by atoms with Gasteiger partial charge in [0, 0.05) is 11.0 Å². The summed E-state index contributed by atoms with van der Waals surface area (Å²) in [6.45, 7) is 5.69. The lowest BCUT2D eigenvalue weighted by atomic mass is 9.93. The zero-order valence-electron chi connectivity index (χ0n) is 14.3. The summed E-state index contributed by atoms with van der Waals surface area (Å²) in [6.07, 6.45) is 1.50. The van der Waals surface area contributed by atoms with Gasteiger partial charge in [-0.3, -0.25) is 9.89 Å². The Morgan fingerprint density at radius 2 is 2.00 bits per heavy atom. The summed E-state index contributed by atoms with van der Waals surface area (Å²) in [7, 11) is 3.09. The fourth-order valence-electron chi connectivity index (χ4n) is 2.12. The van der Waals surface area contributed by atoms with Crippen molar-refractivity contribution >= 4 is 18.4 Å². The zero-order valence-corrected chi connectivity index (χ0v) is 15.1. The number of para-hydroxylation sites is 1. The Bertz CT molecular complexity index is 878. The Morgan fingerprint density at radius 3 is 2.58 bits per heavy atom. The van der Waals surface area contributed by atoms with Gasteiger partial charge in [0.15, 0.2) is 11.5 Å². The van der Waals surface area contributed by atoms with Crippen molar-refractivity contribution in [3.8, 4) is 11.5 Å². The molecule has 0 aliphatic carbocycles. The van der Waals surface area contributed by atoms with E-state index >= 15 is 0 Å². The molecule has 1 heterocycles. The number of hydrogen-bond acceptors (Lipinski definition) is 6. The van der Waals surface area contributed by atoms with Crippen molar-refractivity contribution in [2.75, 3.05) is 14.2 Å². The van der Waals surface area contributed by atoms with Crippen LogP contribution in [0.25, 0.3) is 0 Å². The van der Waals surface area contributed by atoms with Crippen LogP contribution in [0.3, 0.4) is 0 Å². The number of nitrogens with zero attached hydrogens (tertiary/aromatic N) is 3. The monoisotopic (exact) mass is 348 g/mol. The normalized spacial score (nSPS) is 11.7. The summed E-state index contributed by atoms with van der Waals surface area (Å²) in [4.78, 5) is 12.6. The van der Waals surface area contributed by atoms with Crippen LogP contribution < -0.4 is 15.0 Å². The molecule has 0 saturated carbocycles. The molecule has 7 nitrogen and oxygen atoms in total. The molecule has 0 unspecified atom stereocenters. The van der Waals surface area contributed by atoms with Crippen LogP contribution in [0.5, 0.6) is 11.5 Å². The topological polar surface area (TPSA) is 81.5 Å². The van der Waals surface area contributed by atoms with Crippen molar-refractivity contribution in [3.63, 3.8) is 0 Å². The number of H-pyrrole nitrogens is 1. The Balaban J connectivity index is 2.55. The van der Waals surface area contributed by atoms with Crippen molar-refractivity contribution in [2.24, 2.45) is 5.10 Å². The number of benzene rings is 1. The Kier molecular flexibility index (Phi) is 5.18. The first-order chi connectivity index (χ1) is 11.3. The van der Waals surface area contributed by atoms with E-state index in [4.69, 9.17) is 21.7 Å². The maximum absolute atomic E-state index is 12.6. The fraction of sp³-hybridized carbons (Fsp3) is 0.375. The van der Waals surface area contributed by atoms with Gasteiger partial charge in [0.25, 0.3) is 5.56 Å². The molecule has 0 bridgehead atoms. The molecule has 1 N–H and O–H groups in total. The lowest BCUT2D eigenvalue weighted by Gasteiger charge is -2.16. The molecule has 1 aromatic carbocycles. The molecule has 0 atom stereocenters. The predicted molar refractivity (Wildman–Crippen MR) is 94.9 cm³/mol. The number of nitrogens with one attached hydrogen (secondary N) is 1. The number of ether oxygens (including phenoxy) is 2. The molecule has 0 saturated heterocycles. The van der Waals surface area contributed by atoms with Crippen molar-refractivity contribution < 1.29 is 9.47 Å². The number of methoxy groups -OCH3 is 2. The van der Waals surface area contributed by atoms with Gasteiger partial charge in [-0.05, 0) is 24.4 Å². The smallest absolute Gasteiger partial charge is 0.297 e. The van der Waals surface area contributed by atoms with Crippen molar-refractivity contribution in [1.29, 1.82) is 0 Å². The molecule has 0 radical (unpaired) electrons. The molecule has 0 aliphatic heterocycles. The lowest BCUT2D eigenvalue weighted by Crippen LogP contribution is -2.32. The second-order valence-corrected chi connectivity index (χ2v) is 6.46. The Hall–Kier alpha value is -2.48. The van der Waals surface area contributed by atoms with E-state index in [0.29, 0.717) is 22.8 Å². The molecule has 1 aromatic heterocycles. The van der Waals surface area contributed by atoms with E-state index < -0.39 is 5.41 Å². The zero-order chi connectivity index (χ0) is 17.9. The molecule has 0 spiro atoms. The van der Waals surface area contributed by atoms with Crippen LogP contribution in [0.4, 0.5) is 0 Å². The first-order valence-corrected chi connectivity index (χ1v) is 7.68. The summed E-state index contributed by atoms with van der Waals surface area (Å²) in [5, 5.41) is 10.9. The Morgan fingerprint density at radius 1 is 1.29 bits per heavy atom. The van der Waals surface area contributed by atoms with E-state index in [9.17, 15) is 4.79 Å². The van der Waals surface area contributed by atoms with Gasteiger partial charge in [0.1, 0.15) is 5.69 Å². The third-order valence-corrected chi connectivity index (χ3v) is 3.57. The molecule has 2 aromatic rings. The predicted octanol–water partition coefficient (Wildman–Crippen LogP) is 2.50. The molecule has 2 rings (SSSR count). The minimum absolute atomic E-state index is 0.117. The van der Waals surface area contributed by atoms with E-state index in [2.05, 4.69) is 15.3 Å². The van der Waals surface area contributed by atoms with Crippen LogP contribution in [0, 0.1) is 4.77 Å². The van der Waals surface area contributed by atoms with E-state index in [-0.39, 0.29) is 10.3 Å². The molecule has 0 fully saturated rings. The summed E-state index contributed by atoms with van der Waals surface area (Å²) >= 11 is 5.12. The molecular formula is C16H20N4O3S. The summed E-state index contributed by atoms with van der Waals surface area (Å²) in [5.41, 5.74) is 0.226. The molecule has 8 heteroatoms. The minimum Gasteiger partial charge on any atom is -0.493 e. The lowest BCUT2D eigenvalue weighted by molar-refractivity contribution is 0.354. The maximum Gasteiger partial charge on any atom is 0.297 e. The van der Waals surface area contributed by atoms with Crippen LogP contribution in [0.2, 0.25) is 0 Å². The molecule has 128 valence electrons. The number of aromatic amines is 1. The van der Waals surface area contributed by atoms with Crippen LogP contribution in [-0.2, 0) is 5.41 Å². The molecule has 24 heavy (non-hydrogen) atoms. The van der Waals surface area contributed by atoms with Gasteiger partial charge in [-0.1, -0.05) is 26.8 Å². The van der Waals surface area contributed by atoms with Gasteiger partial charge in [0.2, 0.25) is 4.77 Å². The quantitative estimate of drug-likeness (QED) is 0.678.